The molecule has 214 valence electrons. The van der Waals surface area contributed by atoms with Gasteiger partial charge in [0, 0.05) is 38.1 Å². The highest BCUT2D eigenvalue weighted by molar-refractivity contribution is 7.89. The largest absolute Gasteiger partial charge is 0.491 e. The van der Waals surface area contributed by atoms with Crippen molar-refractivity contribution < 1.29 is 27.4 Å². The number of aromatic nitrogens is 1. The molecule has 7 rings (SSSR count). The van der Waals surface area contributed by atoms with Gasteiger partial charge in [0.05, 0.1) is 47.1 Å². The van der Waals surface area contributed by atoms with Gasteiger partial charge in [-0.15, -0.1) is 0 Å². The summed E-state index contributed by atoms with van der Waals surface area (Å²) in [6.07, 6.45) is 0. The second-order valence-electron chi connectivity index (χ2n) is 10.9. The number of ether oxygens (including phenoxy) is 3. The van der Waals surface area contributed by atoms with Crippen LogP contribution >= 0.6 is 11.3 Å². The van der Waals surface area contributed by atoms with Crippen LogP contribution in [-0.2, 0) is 19.5 Å². The first-order valence-corrected chi connectivity index (χ1v) is 15.9. The van der Waals surface area contributed by atoms with Gasteiger partial charge in [-0.05, 0) is 41.1 Å². The second-order valence-corrected chi connectivity index (χ2v) is 13.8. The van der Waals surface area contributed by atoms with E-state index in [0.29, 0.717) is 72.8 Å². The second kappa shape index (κ2) is 10.6. The number of fused-ring (bicyclic) bond motifs is 2. The molecule has 4 aromatic rings. The molecule has 1 N–H and O–H groups in total. The normalized spacial score (nSPS) is 19.2. The summed E-state index contributed by atoms with van der Waals surface area (Å²) in [6.45, 7) is 6.56. The van der Waals surface area contributed by atoms with Crippen LogP contribution in [-0.4, -0.2) is 94.3 Å². The van der Waals surface area contributed by atoms with E-state index in [4.69, 9.17) is 14.2 Å². The number of morpholine rings is 1. The predicted octanol–water partition coefficient (Wildman–Crippen LogP) is 3.43. The van der Waals surface area contributed by atoms with Gasteiger partial charge in [0.15, 0.2) is 5.13 Å². The highest BCUT2D eigenvalue weighted by atomic mass is 32.2. The van der Waals surface area contributed by atoms with E-state index < -0.39 is 10.0 Å². The monoisotopic (exact) mass is 594 g/mol. The number of anilines is 1. The molecule has 3 aliphatic rings. The minimum absolute atomic E-state index is 0.00700. The zero-order valence-corrected chi connectivity index (χ0v) is 24.0. The Morgan fingerprint density at radius 1 is 1.02 bits per heavy atom. The molecule has 0 saturated carbocycles. The molecule has 1 aromatic heterocycles. The predicted molar refractivity (Wildman–Crippen MR) is 156 cm³/mol. The van der Waals surface area contributed by atoms with Gasteiger partial charge in [0.25, 0.3) is 5.91 Å². The number of carbonyl (C=O) groups is 1. The molecule has 1 spiro atoms. The van der Waals surface area contributed by atoms with Crippen molar-refractivity contribution in [2.24, 2.45) is 5.41 Å². The van der Waals surface area contributed by atoms with Gasteiger partial charge in [0.2, 0.25) is 10.0 Å². The summed E-state index contributed by atoms with van der Waals surface area (Å²) in [4.78, 5) is 20.6. The molecule has 3 fully saturated rings. The Labute approximate surface area is 241 Å². The fourth-order valence-corrected chi connectivity index (χ4v) is 8.17. The van der Waals surface area contributed by atoms with Crippen molar-refractivity contribution in [1.29, 1.82) is 0 Å². The average Bonchev–Trinajstić information content (AvgIpc) is 3.33. The summed E-state index contributed by atoms with van der Waals surface area (Å²) in [6, 6.07) is 16.5. The quantitative estimate of drug-likeness (QED) is 0.331. The van der Waals surface area contributed by atoms with Gasteiger partial charge in [0.1, 0.15) is 12.4 Å². The van der Waals surface area contributed by atoms with Crippen molar-refractivity contribution in [2.75, 3.05) is 71.1 Å². The van der Waals surface area contributed by atoms with E-state index in [2.05, 4.69) is 15.2 Å². The fraction of sp³-hybridized carbons (Fsp3) is 0.379. The number of amides is 1. The van der Waals surface area contributed by atoms with Crippen LogP contribution in [0.25, 0.3) is 21.0 Å². The van der Waals surface area contributed by atoms with Crippen molar-refractivity contribution >= 4 is 53.4 Å². The summed E-state index contributed by atoms with van der Waals surface area (Å²) in [5.41, 5.74) is 1.03. The van der Waals surface area contributed by atoms with E-state index in [0.717, 1.165) is 30.4 Å². The molecular weight excluding hydrogens is 564 g/mol. The number of hydrogen-bond acceptors (Lipinski definition) is 9. The van der Waals surface area contributed by atoms with Gasteiger partial charge in [-0.3, -0.25) is 15.0 Å². The average molecular weight is 595 g/mol. The summed E-state index contributed by atoms with van der Waals surface area (Å²) in [5.74, 6) is 0.172. The van der Waals surface area contributed by atoms with Gasteiger partial charge in [-0.1, -0.05) is 35.6 Å². The first-order chi connectivity index (χ1) is 19.9. The van der Waals surface area contributed by atoms with Crippen LogP contribution in [0.3, 0.4) is 0 Å². The lowest BCUT2D eigenvalue weighted by molar-refractivity contribution is -0.166. The molecule has 10 nitrogen and oxygen atoms in total. The standard InChI is InChI=1S/C29H30N4O6S2/c34-27(23-13-20-3-1-2-4-21(20)14-25(23)39-12-9-32-7-10-37-11-8-32)31-28-30-24-6-5-22(15-26(24)40-28)41(35,36)33-16-29(17-33)18-38-19-29/h1-6,13-15H,7-12,16-19H2,(H,30,31,34). The first-order valence-electron chi connectivity index (χ1n) is 13.6. The molecule has 3 aliphatic heterocycles. The van der Waals surface area contributed by atoms with Crippen LogP contribution in [0.4, 0.5) is 5.13 Å². The third-order valence-corrected chi connectivity index (χ3v) is 10.6. The Hall–Kier alpha value is -3.13. The van der Waals surface area contributed by atoms with Crippen LogP contribution in [0.1, 0.15) is 10.4 Å². The highest BCUT2D eigenvalue weighted by Crippen LogP contribution is 2.41. The lowest BCUT2D eigenvalue weighted by atomic mass is 9.80. The molecule has 0 radical (unpaired) electrons. The summed E-state index contributed by atoms with van der Waals surface area (Å²) < 4.78 is 45.3. The number of thiazole rings is 1. The van der Waals surface area contributed by atoms with Crippen LogP contribution in [0.5, 0.6) is 5.75 Å². The van der Waals surface area contributed by atoms with Gasteiger partial charge >= 0.3 is 0 Å². The van der Waals surface area contributed by atoms with E-state index >= 15 is 0 Å². The minimum atomic E-state index is -3.60. The maximum absolute atomic E-state index is 13.5. The molecular formula is C29H30N4O6S2. The molecule has 4 heterocycles. The van der Waals surface area contributed by atoms with Gasteiger partial charge in [-0.2, -0.15) is 4.31 Å². The number of nitrogens with one attached hydrogen (secondary N) is 1. The fourth-order valence-electron chi connectivity index (χ4n) is 5.50. The molecule has 0 aliphatic carbocycles. The first kappa shape index (κ1) is 26.7. The Morgan fingerprint density at radius 2 is 1.78 bits per heavy atom. The summed E-state index contributed by atoms with van der Waals surface area (Å²) in [7, 11) is -3.60. The third-order valence-electron chi connectivity index (χ3n) is 7.92. The number of sulfonamides is 1. The number of carbonyl (C=O) groups excluding carboxylic acids is 1. The Bertz CT molecular complexity index is 1720. The van der Waals surface area contributed by atoms with E-state index in [1.54, 1.807) is 18.2 Å². The molecule has 0 atom stereocenters. The molecule has 1 amide bonds. The van der Waals surface area contributed by atoms with Crippen molar-refractivity contribution in [3.8, 4) is 5.75 Å². The van der Waals surface area contributed by atoms with E-state index in [1.165, 1.54) is 15.6 Å². The van der Waals surface area contributed by atoms with E-state index in [9.17, 15) is 13.2 Å². The number of nitrogens with zero attached hydrogens (tertiary/aromatic N) is 3. The molecule has 12 heteroatoms. The Kier molecular flexibility index (Phi) is 6.92. The number of hydrogen-bond donors (Lipinski definition) is 1. The zero-order valence-electron chi connectivity index (χ0n) is 22.4. The SMILES string of the molecule is O=C(Nc1nc2ccc(S(=O)(=O)N3CC4(COC4)C3)cc2s1)c1cc2ccccc2cc1OCCN1CCOCC1. The van der Waals surface area contributed by atoms with Gasteiger partial charge < -0.3 is 14.2 Å². The lowest BCUT2D eigenvalue weighted by Crippen LogP contribution is -2.66. The van der Waals surface area contributed by atoms with E-state index in [-0.39, 0.29) is 16.2 Å². The minimum Gasteiger partial charge on any atom is -0.491 e. The van der Waals surface area contributed by atoms with Crippen LogP contribution in [0.15, 0.2) is 59.5 Å². The maximum atomic E-state index is 13.5. The molecule has 0 bridgehead atoms. The van der Waals surface area contributed by atoms with Crippen LogP contribution in [0.2, 0.25) is 0 Å². The maximum Gasteiger partial charge on any atom is 0.261 e. The highest BCUT2D eigenvalue weighted by Gasteiger charge is 2.53. The molecule has 3 saturated heterocycles. The molecule has 3 aromatic carbocycles. The van der Waals surface area contributed by atoms with E-state index in [1.807, 2.05) is 36.4 Å². The van der Waals surface area contributed by atoms with Crippen molar-refractivity contribution in [3.63, 3.8) is 0 Å². The molecule has 41 heavy (non-hydrogen) atoms. The zero-order chi connectivity index (χ0) is 28.0. The topological polar surface area (TPSA) is 110 Å². The number of rotatable bonds is 8. The van der Waals surface area contributed by atoms with Crippen LogP contribution in [0, 0.1) is 5.41 Å². The summed E-state index contributed by atoms with van der Waals surface area (Å²) >= 11 is 1.24. The third kappa shape index (κ3) is 5.20. The van der Waals surface area contributed by atoms with Gasteiger partial charge in [-0.25, -0.2) is 13.4 Å². The van der Waals surface area contributed by atoms with Crippen molar-refractivity contribution in [2.45, 2.75) is 4.90 Å². The Morgan fingerprint density at radius 3 is 2.51 bits per heavy atom. The van der Waals surface area contributed by atoms with Crippen molar-refractivity contribution in [3.05, 3.63) is 60.2 Å². The smallest absolute Gasteiger partial charge is 0.261 e. The van der Waals surface area contributed by atoms with Crippen LogP contribution < -0.4 is 10.1 Å². The molecule has 0 unspecified atom stereocenters. The Balaban J connectivity index is 1.09. The van der Waals surface area contributed by atoms with Crippen molar-refractivity contribution in [1.82, 2.24) is 14.2 Å². The lowest BCUT2D eigenvalue weighted by Gasteiger charge is -2.53. The number of benzene rings is 3. The summed E-state index contributed by atoms with van der Waals surface area (Å²) in [5, 5.41) is 5.21.